The summed E-state index contributed by atoms with van der Waals surface area (Å²) in [5.41, 5.74) is 0.953. The van der Waals surface area contributed by atoms with E-state index in [1.807, 2.05) is 24.3 Å². The van der Waals surface area contributed by atoms with E-state index >= 15 is 0 Å². The fourth-order valence-corrected chi connectivity index (χ4v) is 1.25. The topological polar surface area (TPSA) is 66.8 Å². The van der Waals surface area contributed by atoms with Gasteiger partial charge in [0.1, 0.15) is 5.75 Å². The molecule has 1 aromatic carbocycles. The zero-order valence-electron chi connectivity index (χ0n) is 8.51. The highest BCUT2D eigenvalue weighted by Gasteiger charge is 2.12. The predicted octanol–water partition coefficient (Wildman–Crippen LogP) is 1.07. The summed E-state index contributed by atoms with van der Waals surface area (Å²) in [6.45, 7) is 0. The lowest BCUT2D eigenvalue weighted by atomic mass is 10.1. The molecule has 0 saturated heterocycles. The lowest BCUT2D eigenvalue weighted by molar-refractivity contribution is -0.146. The molecule has 4 heteroatoms. The molecule has 0 fully saturated rings. The van der Waals surface area contributed by atoms with E-state index in [2.05, 4.69) is 0 Å². The van der Waals surface area contributed by atoms with E-state index < -0.39 is 12.1 Å². The molecule has 82 valence electrons. The first-order chi connectivity index (χ1) is 7.13. The largest absolute Gasteiger partial charge is 0.497 e. The summed E-state index contributed by atoms with van der Waals surface area (Å²) in [6, 6.07) is 7.35. The van der Waals surface area contributed by atoms with Gasteiger partial charge in [0.15, 0.2) is 6.10 Å². The standard InChI is InChI=1S/C11H14O4/c1-15-9-4-2-3-8(7-9)5-6-10(12)11(13)14/h2-4,7,10,12H,5-6H2,1H3,(H,13,14)/t10-/m1/s1. The second-order valence-corrected chi connectivity index (χ2v) is 3.24. The van der Waals surface area contributed by atoms with Gasteiger partial charge in [0.2, 0.25) is 0 Å². The van der Waals surface area contributed by atoms with Gasteiger partial charge in [-0.15, -0.1) is 0 Å². The van der Waals surface area contributed by atoms with Crippen molar-refractivity contribution in [3.63, 3.8) is 0 Å². The van der Waals surface area contributed by atoms with Gasteiger partial charge < -0.3 is 14.9 Å². The van der Waals surface area contributed by atoms with Gasteiger partial charge >= 0.3 is 5.97 Å². The summed E-state index contributed by atoms with van der Waals surface area (Å²) in [7, 11) is 1.57. The monoisotopic (exact) mass is 210 g/mol. The van der Waals surface area contributed by atoms with Crippen molar-refractivity contribution in [2.24, 2.45) is 0 Å². The second-order valence-electron chi connectivity index (χ2n) is 3.24. The van der Waals surface area contributed by atoms with Crippen LogP contribution in [0.3, 0.4) is 0 Å². The molecule has 0 aliphatic rings. The Kier molecular flexibility index (Phi) is 4.12. The second kappa shape index (κ2) is 5.36. The van der Waals surface area contributed by atoms with E-state index in [-0.39, 0.29) is 6.42 Å². The van der Waals surface area contributed by atoms with Crippen LogP contribution < -0.4 is 4.74 Å². The molecule has 1 atom stereocenters. The number of hydrogen-bond acceptors (Lipinski definition) is 3. The van der Waals surface area contributed by atoms with Crippen molar-refractivity contribution in [1.82, 2.24) is 0 Å². The summed E-state index contributed by atoms with van der Waals surface area (Å²) < 4.78 is 5.03. The minimum atomic E-state index is -1.30. The molecule has 0 aromatic heterocycles. The smallest absolute Gasteiger partial charge is 0.332 e. The van der Waals surface area contributed by atoms with E-state index in [9.17, 15) is 4.79 Å². The fourth-order valence-electron chi connectivity index (χ4n) is 1.25. The molecular formula is C11H14O4. The number of aryl methyl sites for hydroxylation is 1. The van der Waals surface area contributed by atoms with Gasteiger partial charge in [0.05, 0.1) is 7.11 Å². The Morgan fingerprint density at radius 2 is 2.27 bits per heavy atom. The van der Waals surface area contributed by atoms with Gasteiger partial charge in [-0.1, -0.05) is 12.1 Å². The Bertz CT molecular complexity index is 335. The normalized spacial score (nSPS) is 12.1. The number of aliphatic carboxylic acids is 1. The third-order valence-corrected chi connectivity index (χ3v) is 2.13. The van der Waals surface area contributed by atoms with Gasteiger partial charge in [-0.3, -0.25) is 0 Å². The predicted molar refractivity (Wildman–Crippen MR) is 55.0 cm³/mol. The molecule has 0 saturated carbocycles. The molecule has 0 heterocycles. The molecule has 0 unspecified atom stereocenters. The Hall–Kier alpha value is -1.55. The number of carbonyl (C=O) groups is 1. The minimum Gasteiger partial charge on any atom is -0.497 e. The molecule has 0 aliphatic heterocycles. The van der Waals surface area contributed by atoms with Gasteiger partial charge in [-0.2, -0.15) is 0 Å². The SMILES string of the molecule is COc1cccc(CC[C@@H](O)C(=O)O)c1. The number of aliphatic hydroxyl groups excluding tert-OH is 1. The Balaban J connectivity index is 2.53. The summed E-state index contributed by atoms with van der Waals surface area (Å²) in [4.78, 5) is 10.4. The average molecular weight is 210 g/mol. The molecule has 1 aromatic rings. The van der Waals surface area contributed by atoms with Gasteiger partial charge in [-0.25, -0.2) is 4.79 Å². The summed E-state index contributed by atoms with van der Waals surface area (Å²) in [6.07, 6.45) is -0.566. The molecule has 0 aliphatic carbocycles. The van der Waals surface area contributed by atoms with Crippen molar-refractivity contribution < 1.29 is 19.7 Å². The highest BCUT2D eigenvalue weighted by Crippen LogP contribution is 2.14. The highest BCUT2D eigenvalue weighted by atomic mass is 16.5. The molecule has 2 N–H and O–H groups in total. The number of carboxylic acids is 1. The van der Waals surface area contributed by atoms with E-state index in [1.165, 1.54) is 0 Å². The Morgan fingerprint density at radius 1 is 1.53 bits per heavy atom. The van der Waals surface area contributed by atoms with Crippen LogP contribution in [0.25, 0.3) is 0 Å². The first-order valence-corrected chi connectivity index (χ1v) is 4.67. The lowest BCUT2D eigenvalue weighted by Gasteiger charge is -2.06. The number of aliphatic hydroxyl groups is 1. The number of benzene rings is 1. The van der Waals surface area contributed by atoms with Crippen LogP contribution in [0.15, 0.2) is 24.3 Å². The summed E-state index contributed by atoms with van der Waals surface area (Å²) in [5.74, 6) is -0.449. The Morgan fingerprint density at radius 3 is 2.87 bits per heavy atom. The molecule has 0 radical (unpaired) electrons. The van der Waals surface area contributed by atoms with Gasteiger partial charge in [-0.05, 0) is 30.5 Å². The van der Waals surface area contributed by atoms with E-state index in [4.69, 9.17) is 14.9 Å². The van der Waals surface area contributed by atoms with Crippen LogP contribution in [0.2, 0.25) is 0 Å². The van der Waals surface area contributed by atoms with Crippen LogP contribution in [-0.4, -0.2) is 29.4 Å². The van der Waals surface area contributed by atoms with E-state index in [1.54, 1.807) is 7.11 Å². The molecule has 0 spiro atoms. The van der Waals surface area contributed by atoms with Crippen LogP contribution in [0.5, 0.6) is 5.75 Å². The quantitative estimate of drug-likeness (QED) is 0.763. The zero-order chi connectivity index (χ0) is 11.3. The van der Waals surface area contributed by atoms with Crippen LogP contribution in [0.4, 0.5) is 0 Å². The molecule has 15 heavy (non-hydrogen) atoms. The molecular weight excluding hydrogens is 196 g/mol. The van der Waals surface area contributed by atoms with Crippen molar-refractivity contribution >= 4 is 5.97 Å². The highest BCUT2D eigenvalue weighted by molar-refractivity contribution is 5.71. The van der Waals surface area contributed by atoms with Crippen LogP contribution >= 0.6 is 0 Å². The maximum atomic E-state index is 10.4. The number of methoxy groups -OCH3 is 1. The number of hydrogen-bond donors (Lipinski definition) is 2. The van der Waals surface area contributed by atoms with Crippen molar-refractivity contribution in [1.29, 1.82) is 0 Å². The van der Waals surface area contributed by atoms with Gasteiger partial charge in [0, 0.05) is 0 Å². The third-order valence-electron chi connectivity index (χ3n) is 2.13. The molecule has 0 amide bonds. The first-order valence-electron chi connectivity index (χ1n) is 4.67. The van der Waals surface area contributed by atoms with Gasteiger partial charge in [0.25, 0.3) is 0 Å². The molecule has 1 rings (SSSR count). The zero-order valence-corrected chi connectivity index (χ0v) is 8.51. The maximum absolute atomic E-state index is 10.4. The summed E-state index contributed by atoms with van der Waals surface area (Å²) in [5, 5.41) is 17.6. The molecule has 0 bridgehead atoms. The number of ether oxygens (including phenoxy) is 1. The van der Waals surface area contributed by atoms with Crippen molar-refractivity contribution in [3.05, 3.63) is 29.8 Å². The lowest BCUT2D eigenvalue weighted by Crippen LogP contribution is -2.19. The fraction of sp³-hybridized carbons (Fsp3) is 0.364. The van der Waals surface area contributed by atoms with Crippen LogP contribution in [0, 0.1) is 0 Å². The Labute approximate surface area is 88.1 Å². The summed E-state index contributed by atoms with van der Waals surface area (Å²) >= 11 is 0. The van der Waals surface area contributed by atoms with Crippen LogP contribution in [-0.2, 0) is 11.2 Å². The van der Waals surface area contributed by atoms with Crippen molar-refractivity contribution in [3.8, 4) is 5.75 Å². The number of rotatable bonds is 5. The third kappa shape index (κ3) is 3.59. The van der Waals surface area contributed by atoms with Crippen molar-refractivity contribution in [2.75, 3.05) is 7.11 Å². The number of carboxylic acid groups (broad SMARTS) is 1. The van der Waals surface area contributed by atoms with Crippen LogP contribution in [0.1, 0.15) is 12.0 Å². The average Bonchev–Trinajstić information content (AvgIpc) is 2.26. The minimum absolute atomic E-state index is 0.211. The molecule has 4 nitrogen and oxygen atoms in total. The maximum Gasteiger partial charge on any atom is 0.332 e. The van der Waals surface area contributed by atoms with E-state index in [0.29, 0.717) is 6.42 Å². The van der Waals surface area contributed by atoms with E-state index in [0.717, 1.165) is 11.3 Å². The van der Waals surface area contributed by atoms with Crippen molar-refractivity contribution in [2.45, 2.75) is 18.9 Å². The first kappa shape index (κ1) is 11.5.